The number of nitriles is 1. The molecule has 0 fully saturated rings. The average Bonchev–Trinajstić information content (AvgIpc) is 2.52. The fourth-order valence-electron chi connectivity index (χ4n) is 2.37. The Balaban J connectivity index is 2.63. The largest absolute Gasteiger partial charge is 0.456 e. The van der Waals surface area contributed by atoms with Crippen molar-refractivity contribution in [1.82, 2.24) is 10.3 Å². The van der Waals surface area contributed by atoms with E-state index < -0.39 is 11.5 Å². The molecule has 0 bridgehead atoms. The predicted molar refractivity (Wildman–Crippen MR) is 93.0 cm³/mol. The summed E-state index contributed by atoms with van der Waals surface area (Å²) in [5, 5.41) is 11.8. The van der Waals surface area contributed by atoms with Gasteiger partial charge in [-0.15, -0.1) is 0 Å². The van der Waals surface area contributed by atoms with Gasteiger partial charge in [-0.25, -0.2) is 0 Å². The van der Waals surface area contributed by atoms with Gasteiger partial charge in [0, 0.05) is 17.7 Å². The van der Waals surface area contributed by atoms with Gasteiger partial charge in [-0.2, -0.15) is 5.26 Å². The van der Waals surface area contributed by atoms with Crippen molar-refractivity contribution in [3.8, 4) is 6.07 Å². The smallest absolute Gasteiger partial charge is 0.306 e. The summed E-state index contributed by atoms with van der Waals surface area (Å²) in [6.45, 7) is 8.81. The number of carbonyl (C=O) groups excluding carboxylic acids is 2. The van der Waals surface area contributed by atoms with Crippen molar-refractivity contribution in [2.24, 2.45) is 0 Å². The maximum Gasteiger partial charge on any atom is 0.306 e. The van der Waals surface area contributed by atoms with Crippen LogP contribution in [0.2, 0.25) is 0 Å². The van der Waals surface area contributed by atoms with Crippen LogP contribution >= 0.6 is 0 Å². The van der Waals surface area contributed by atoms with E-state index in [2.05, 4.69) is 10.3 Å². The first-order valence-electron chi connectivity index (χ1n) is 8.20. The summed E-state index contributed by atoms with van der Waals surface area (Å²) in [4.78, 5) is 37.9. The van der Waals surface area contributed by atoms with E-state index in [1.54, 1.807) is 13.8 Å². The van der Waals surface area contributed by atoms with Gasteiger partial charge >= 0.3 is 5.97 Å². The predicted octanol–water partition coefficient (Wildman–Crippen LogP) is 1.64. The lowest BCUT2D eigenvalue weighted by molar-refractivity contribution is -0.149. The average molecular weight is 347 g/mol. The van der Waals surface area contributed by atoms with Gasteiger partial charge < -0.3 is 15.0 Å². The van der Waals surface area contributed by atoms with Crippen molar-refractivity contribution >= 4 is 11.9 Å². The number of rotatable bonds is 7. The number of aromatic nitrogens is 1. The molecule has 1 heterocycles. The van der Waals surface area contributed by atoms with Crippen LogP contribution in [0.15, 0.2) is 4.79 Å². The number of hydrogen-bond acceptors (Lipinski definition) is 5. The number of carbonyl (C=O) groups is 2. The molecule has 136 valence electrons. The summed E-state index contributed by atoms with van der Waals surface area (Å²) in [5.41, 5.74) is 1.20. The van der Waals surface area contributed by atoms with Crippen molar-refractivity contribution in [3.63, 3.8) is 0 Å². The van der Waals surface area contributed by atoms with Crippen LogP contribution in [0.3, 0.4) is 0 Å². The van der Waals surface area contributed by atoms with Gasteiger partial charge in [0.25, 0.3) is 11.5 Å². The van der Waals surface area contributed by atoms with Crippen LogP contribution in [0.5, 0.6) is 0 Å². The molecule has 0 spiro atoms. The lowest BCUT2D eigenvalue weighted by Gasteiger charge is -2.24. The van der Waals surface area contributed by atoms with E-state index in [0.29, 0.717) is 17.7 Å². The Bertz CT molecular complexity index is 757. The van der Waals surface area contributed by atoms with Crippen LogP contribution in [0.4, 0.5) is 0 Å². The number of aryl methyl sites for hydroxylation is 1. The Morgan fingerprint density at radius 1 is 1.32 bits per heavy atom. The Morgan fingerprint density at radius 2 is 1.96 bits per heavy atom. The summed E-state index contributed by atoms with van der Waals surface area (Å²) in [6, 6.07) is 1.87. The van der Waals surface area contributed by atoms with Gasteiger partial charge in [-0.05, 0) is 51.7 Å². The Kier molecular flexibility index (Phi) is 6.92. The van der Waals surface area contributed by atoms with Crippen molar-refractivity contribution in [2.45, 2.75) is 59.4 Å². The molecule has 25 heavy (non-hydrogen) atoms. The van der Waals surface area contributed by atoms with E-state index in [0.717, 1.165) is 12.0 Å². The van der Waals surface area contributed by atoms with Gasteiger partial charge in [0.15, 0.2) is 6.61 Å². The number of amides is 1. The van der Waals surface area contributed by atoms with E-state index in [9.17, 15) is 14.4 Å². The molecule has 1 amide bonds. The summed E-state index contributed by atoms with van der Waals surface area (Å²) >= 11 is 0. The minimum absolute atomic E-state index is 0.0511. The highest BCUT2D eigenvalue weighted by atomic mass is 16.5. The molecule has 0 saturated carbocycles. The first-order chi connectivity index (χ1) is 11.6. The Morgan fingerprint density at radius 3 is 2.52 bits per heavy atom. The summed E-state index contributed by atoms with van der Waals surface area (Å²) in [5.74, 6) is -0.851. The second-order valence-electron chi connectivity index (χ2n) is 6.62. The zero-order valence-corrected chi connectivity index (χ0v) is 15.4. The highest BCUT2D eigenvalue weighted by Gasteiger charge is 2.19. The van der Waals surface area contributed by atoms with Crippen LogP contribution in [-0.2, 0) is 20.7 Å². The maximum atomic E-state index is 11.9. The van der Waals surface area contributed by atoms with Crippen LogP contribution < -0.4 is 10.9 Å². The van der Waals surface area contributed by atoms with Crippen molar-refractivity contribution in [1.29, 1.82) is 5.26 Å². The number of hydrogen-bond donors (Lipinski definition) is 2. The third-order valence-electron chi connectivity index (χ3n) is 4.23. The lowest BCUT2D eigenvalue weighted by atomic mass is 9.99. The third-order valence-corrected chi connectivity index (χ3v) is 4.23. The minimum atomic E-state index is -0.507. The first kappa shape index (κ1) is 20.4. The van der Waals surface area contributed by atoms with Crippen LogP contribution in [0.25, 0.3) is 0 Å². The number of esters is 1. The minimum Gasteiger partial charge on any atom is -0.456 e. The molecular weight excluding hydrogens is 322 g/mol. The molecule has 0 atom stereocenters. The number of ether oxygens (including phenoxy) is 1. The standard InChI is InChI=1S/C18H25N3O4/c1-6-18(4,5)21-15(22)10-25-16(23)8-7-13-11(2)14(9-19)17(24)20-12(13)3/h6-8,10H2,1-5H3,(H,20,24)(H,21,22). The lowest BCUT2D eigenvalue weighted by Crippen LogP contribution is -2.44. The van der Waals surface area contributed by atoms with Gasteiger partial charge in [0.05, 0.1) is 0 Å². The molecular formula is C18H25N3O4. The zero-order chi connectivity index (χ0) is 19.2. The fourth-order valence-corrected chi connectivity index (χ4v) is 2.37. The van der Waals surface area contributed by atoms with E-state index in [1.165, 1.54) is 0 Å². The number of H-pyrrole nitrogens is 1. The molecule has 1 rings (SSSR count). The van der Waals surface area contributed by atoms with E-state index in [4.69, 9.17) is 10.00 Å². The number of aromatic amines is 1. The van der Waals surface area contributed by atoms with Gasteiger partial charge in [-0.3, -0.25) is 14.4 Å². The molecule has 0 aromatic carbocycles. The van der Waals surface area contributed by atoms with Crippen molar-refractivity contribution < 1.29 is 14.3 Å². The number of nitrogens with zero attached hydrogens (tertiary/aromatic N) is 1. The highest BCUT2D eigenvalue weighted by molar-refractivity contribution is 5.81. The molecule has 0 aliphatic rings. The summed E-state index contributed by atoms with van der Waals surface area (Å²) in [7, 11) is 0. The first-order valence-corrected chi connectivity index (χ1v) is 8.20. The second-order valence-corrected chi connectivity index (χ2v) is 6.62. The second kappa shape index (κ2) is 8.47. The quantitative estimate of drug-likeness (QED) is 0.728. The van der Waals surface area contributed by atoms with E-state index >= 15 is 0 Å². The number of nitrogens with one attached hydrogen (secondary N) is 2. The van der Waals surface area contributed by atoms with Crippen LogP contribution in [-0.4, -0.2) is 29.0 Å². The molecule has 0 aliphatic heterocycles. The summed E-state index contributed by atoms with van der Waals surface area (Å²) < 4.78 is 4.99. The molecule has 7 nitrogen and oxygen atoms in total. The molecule has 0 unspecified atom stereocenters. The van der Waals surface area contributed by atoms with E-state index in [-0.39, 0.29) is 30.0 Å². The van der Waals surface area contributed by atoms with Gasteiger partial charge in [0.1, 0.15) is 11.6 Å². The van der Waals surface area contributed by atoms with Crippen LogP contribution in [0, 0.1) is 25.2 Å². The molecule has 0 aliphatic carbocycles. The van der Waals surface area contributed by atoms with E-state index in [1.807, 2.05) is 26.8 Å². The Labute approximate surface area is 147 Å². The normalized spacial score (nSPS) is 10.9. The molecule has 0 radical (unpaired) electrons. The zero-order valence-electron chi connectivity index (χ0n) is 15.4. The molecule has 2 N–H and O–H groups in total. The van der Waals surface area contributed by atoms with Gasteiger partial charge in [-0.1, -0.05) is 6.92 Å². The molecule has 7 heteroatoms. The molecule has 0 saturated heterocycles. The monoisotopic (exact) mass is 347 g/mol. The molecule has 1 aromatic heterocycles. The Hall–Kier alpha value is -2.62. The number of pyridine rings is 1. The summed E-state index contributed by atoms with van der Waals surface area (Å²) in [6.07, 6.45) is 1.14. The topological polar surface area (TPSA) is 112 Å². The van der Waals surface area contributed by atoms with Gasteiger partial charge in [0.2, 0.25) is 0 Å². The highest BCUT2D eigenvalue weighted by Crippen LogP contribution is 2.15. The van der Waals surface area contributed by atoms with Crippen molar-refractivity contribution in [3.05, 3.63) is 32.7 Å². The van der Waals surface area contributed by atoms with Crippen molar-refractivity contribution in [2.75, 3.05) is 6.61 Å². The third kappa shape index (κ3) is 5.75. The SMILES string of the molecule is CCC(C)(C)NC(=O)COC(=O)CCc1c(C)[nH]c(=O)c(C#N)c1C. The maximum absolute atomic E-state index is 11.9. The fraction of sp³-hybridized carbons (Fsp3) is 0.556. The molecule has 1 aromatic rings. The van der Waals surface area contributed by atoms with Crippen LogP contribution in [0.1, 0.15) is 56.0 Å².